The molecule has 27 heavy (non-hydrogen) atoms. The van der Waals surface area contributed by atoms with Crippen LogP contribution in [0.25, 0.3) is 5.69 Å². The molecule has 0 aliphatic heterocycles. The van der Waals surface area contributed by atoms with Crippen LogP contribution in [0.5, 0.6) is 0 Å². The van der Waals surface area contributed by atoms with Gasteiger partial charge < -0.3 is 15.2 Å². The summed E-state index contributed by atoms with van der Waals surface area (Å²) in [6.45, 7) is 0. The molecule has 0 atom stereocenters. The van der Waals surface area contributed by atoms with Gasteiger partial charge in [0.05, 0.1) is 6.42 Å². The smallest absolute Gasteiger partial charge is 0.251 e. The van der Waals surface area contributed by atoms with E-state index in [-0.39, 0.29) is 11.8 Å². The SMILES string of the molecule is O=C(Cc1ccc(-n2cccc2)cc1)Nc1ccc(C(=O)NC2CC2)cc1. The lowest BCUT2D eigenvalue weighted by Gasteiger charge is -2.08. The molecule has 1 saturated carbocycles. The van der Waals surface area contributed by atoms with Crippen molar-refractivity contribution in [3.63, 3.8) is 0 Å². The summed E-state index contributed by atoms with van der Waals surface area (Å²) in [5.74, 6) is -0.142. The van der Waals surface area contributed by atoms with Crippen LogP contribution in [0.3, 0.4) is 0 Å². The van der Waals surface area contributed by atoms with E-state index in [1.807, 2.05) is 53.4 Å². The van der Waals surface area contributed by atoms with E-state index < -0.39 is 0 Å². The highest BCUT2D eigenvalue weighted by molar-refractivity contribution is 5.96. The number of hydrogen-bond acceptors (Lipinski definition) is 2. The summed E-state index contributed by atoms with van der Waals surface area (Å²) in [4.78, 5) is 24.3. The Morgan fingerprint density at radius 3 is 2.22 bits per heavy atom. The van der Waals surface area contributed by atoms with Gasteiger partial charge in [-0.25, -0.2) is 0 Å². The Balaban J connectivity index is 1.32. The predicted molar refractivity (Wildman–Crippen MR) is 105 cm³/mol. The van der Waals surface area contributed by atoms with Crippen LogP contribution < -0.4 is 10.6 Å². The minimum absolute atomic E-state index is 0.0573. The molecule has 3 aromatic rings. The molecular weight excluding hydrogens is 338 g/mol. The zero-order chi connectivity index (χ0) is 18.6. The number of hydrogen-bond donors (Lipinski definition) is 2. The first-order chi connectivity index (χ1) is 13.2. The van der Waals surface area contributed by atoms with Gasteiger partial charge in [-0.15, -0.1) is 0 Å². The Kier molecular flexibility index (Phi) is 4.75. The van der Waals surface area contributed by atoms with Crippen molar-refractivity contribution in [1.29, 1.82) is 0 Å². The molecule has 0 unspecified atom stereocenters. The van der Waals surface area contributed by atoms with Crippen molar-refractivity contribution in [3.05, 3.63) is 84.2 Å². The van der Waals surface area contributed by atoms with E-state index in [2.05, 4.69) is 10.6 Å². The van der Waals surface area contributed by atoms with Gasteiger partial charge in [-0.2, -0.15) is 0 Å². The van der Waals surface area contributed by atoms with Crippen molar-refractivity contribution >= 4 is 17.5 Å². The zero-order valence-electron chi connectivity index (χ0n) is 14.9. The minimum Gasteiger partial charge on any atom is -0.349 e. The van der Waals surface area contributed by atoms with E-state index in [1.165, 1.54) is 0 Å². The molecule has 4 rings (SSSR count). The summed E-state index contributed by atoms with van der Waals surface area (Å²) in [6, 6.07) is 19.2. The number of nitrogens with zero attached hydrogens (tertiary/aromatic N) is 1. The van der Waals surface area contributed by atoms with E-state index in [4.69, 9.17) is 0 Å². The molecule has 5 nitrogen and oxygen atoms in total. The normalized spacial score (nSPS) is 13.2. The van der Waals surface area contributed by atoms with Crippen molar-refractivity contribution in [2.75, 3.05) is 5.32 Å². The molecule has 2 aromatic carbocycles. The van der Waals surface area contributed by atoms with Crippen LogP contribution in [0.1, 0.15) is 28.8 Å². The summed E-state index contributed by atoms with van der Waals surface area (Å²) >= 11 is 0. The molecular formula is C22H21N3O2. The number of anilines is 1. The Labute approximate surface area is 158 Å². The number of benzene rings is 2. The monoisotopic (exact) mass is 359 g/mol. The van der Waals surface area contributed by atoms with Gasteiger partial charge in [-0.3, -0.25) is 9.59 Å². The van der Waals surface area contributed by atoms with Gasteiger partial charge in [0.1, 0.15) is 0 Å². The summed E-state index contributed by atoms with van der Waals surface area (Å²) in [6.07, 6.45) is 6.39. The molecule has 2 amide bonds. The largest absolute Gasteiger partial charge is 0.349 e. The van der Waals surface area contributed by atoms with Crippen molar-refractivity contribution < 1.29 is 9.59 Å². The van der Waals surface area contributed by atoms with Crippen LogP contribution in [0, 0.1) is 0 Å². The predicted octanol–water partition coefficient (Wildman–Crippen LogP) is 3.55. The lowest BCUT2D eigenvalue weighted by molar-refractivity contribution is -0.115. The van der Waals surface area contributed by atoms with Crippen LogP contribution in [-0.2, 0) is 11.2 Å². The van der Waals surface area contributed by atoms with Gasteiger partial charge in [0.2, 0.25) is 5.91 Å². The summed E-state index contributed by atoms with van der Waals surface area (Å²) in [7, 11) is 0. The number of carbonyl (C=O) groups is 2. The molecule has 1 fully saturated rings. The van der Waals surface area contributed by atoms with Gasteiger partial charge in [0, 0.05) is 35.4 Å². The van der Waals surface area contributed by atoms with Crippen molar-refractivity contribution in [2.45, 2.75) is 25.3 Å². The second-order valence-electron chi connectivity index (χ2n) is 6.81. The quantitative estimate of drug-likeness (QED) is 0.707. The second-order valence-corrected chi connectivity index (χ2v) is 6.81. The molecule has 1 heterocycles. The van der Waals surface area contributed by atoms with Crippen LogP contribution in [-0.4, -0.2) is 22.4 Å². The number of nitrogens with one attached hydrogen (secondary N) is 2. The first-order valence-corrected chi connectivity index (χ1v) is 9.10. The highest BCUT2D eigenvalue weighted by Gasteiger charge is 2.23. The van der Waals surface area contributed by atoms with Crippen molar-refractivity contribution in [1.82, 2.24) is 9.88 Å². The molecule has 0 spiro atoms. The lowest BCUT2D eigenvalue weighted by Crippen LogP contribution is -2.25. The average molecular weight is 359 g/mol. The maximum Gasteiger partial charge on any atom is 0.251 e. The fraction of sp³-hybridized carbons (Fsp3) is 0.182. The fourth-order valence-electron chi connectivity index (χ4n) is 2.88. The third-order valence-corrected chi connectivity index (χ3v) is 4.55. The fourth-order valence-corrected chi connectivity index (χ4v) is 2.88. The molecule has 5 heteroatoms. The third kappa shape index (κ3) is 4.44. The second kappa shape index (κ2) is 7.50. The molecule has 136 valence electrons. The number of aromatic nitrogens is 1. The highest BCUT2D eigenvalue weighted by Crippen LogP contribution is 2.20. The molecule has 0 radical (unpaired) electrons. The first kappa shape index (κ1) is 17.1. The molecule has 1 aliphatic rings. The van der Waals surface area contributed by atoms with Crippen molar-refractivity contribution in [3.8, 4) is 5.69 Å². The van der Waals surface area contributed by atoms with Gasteiger partial charge in [-0.1, -0.05) is 12.1 Å². The molecule has 0 bridgehead atoms. The zero-order valence-corrected chi connectivity index (χ0v) is 14.9. The van der Waals surface area contributed by atoms with Gasteiger partial charge in [-0.05, 0) is 66.9 Å². The number of carbonyl (C=O) groups excluding carboxylic acids is 2. The van der Waals surface area contributed by atoms with E-state index in [9.17, 15) is 9.59 Å². The van der Waals surface area contributed by atoms with Crippen molar-refractivity contribution in [2.24, 2.45) is 0 Å². The van der Waals surface area contributed by atoms with E-state index in [0.717, 1.165) is 24.1 Å². The van der Waals surface area contributed by atoms with Gasteiger partial charge in [0.25, 0.3) is 5.91 Å². The van der Waals surface area contributed by atoms with E-state index in [1.54, 1.807) is 24.3 Å². The summed E-state index contributed by atoms with van der Waals surface area (Å²) in [5, 5.41) is 5.83. The Bertz CT molecular complexity index is 925. The minimum atomic E-state index is -0.0844. The van der Waals surface area contributed by atoms with E-state index >= 15 is 0 Å². The van der Waals surface area contributed by atoms with Crippen LogP contribution in [0.15, 0.2) is 73.1 Å². The standard InChI is InChI=1S/C22H21N3O2/c26-21(15-16-3-11-20(12-4-16)25-13-1-2-14-25)23-18-7-5-17(6-8-18)22(27)24-19-9-10-19/h1-8,11-14,19H,9-10,15H2,(H,23,26)(H,24,27). The van der Waals surface area contributed by atoms with E-state index in [0.29, 0.717) is 23.7 Å². The van der Waals surface area contributed by atoms with Gasteiger partial charge in [0.15, 0.2) is 0 Å². The summed E-state index contributed by atoms with van der Waals surface area (Å²) < 4.78 is 2.02. The molecule has 1 aromatic heterocycles. The average Bonchev–Trinajstić information content (AvgIpc) is 3.31. The number of rotatable bonds is 6. The van der Waals surface area contributed by atoms with Crippen LogP contribution in [0.2, 0.25) is 0 Å². The van der Waals surface area contributed by atoms with Crippen LogP contribution >= 0.6 is 0 Å². The Morgan fingerprint density at radius 2 is 1.59 bits per heavy atom. The number of amides is 2. The van der Waals surface area contributed by atoms with Gasteiger partial charge >= 0.3 is 0 Å². The highest BCUT2D eigenvalue weighted by atomic mass is 16.2. The Morgan fingerprint density at radius 1 is 0.926 bits per heavy atom. The maximum atomic E-state index is 12.3. The Hall–Kier alpha value is -3.34. The molecule has 1 aliphatic carbocycles. The molecule has 0 saturated heterocycles. The third-order valence-electron chi connectivity index (χ3n) is 4.55. The summed E-state index contributed by atoms with van der Waals surface area (Å²) in [5.41, 5.74) is 3.31. The van der Waals surface area contributed by atoms with Crippen LogP contribution in [0.4, 0.5) is 5.69 Å². The lowest BCUT2D eigenvalue weighted by atomic mass is 10.1. The topological polar surface area (TPSA) is 63.1 Å². The molecule has 2 N–H and O–H groups in total. The first-order valence-electron chi connectivity index (χ1n) is 9.10. The maximum absolute atomic E-state index is 12.3.